The van der Waals surface area contributed by atoms with Crippen LogP contribution in [0, 0.1) is 20.8 Å². The molecule has 4 fully saturated rings. The lowest BCUT2D eigenvalue weighted by molar-refractivity contribution is -0.192. The van der Waals surface area contributed by atoms with Crippen molar-refractivity contribution >= 4 is 79.3 Å². The molecular formula is C79H88Cl4N16O11S. The topological polar surface area (TPSA) is 264 Å². The quantitative estimate of drug-likeness (QED) is 0.0583. The summed E-state index contributed by atoms with van der Waals surface area (Å²) in [4.78, 5) is 37.9. The van der Waals surface area contributed by atoms with Gasteiger partial charge >= 0.3 is 11.4 Å². The van der Waals surface area contributed by atoms with Crippen molar-refractivity contribution in [1.29, 1.82) is 0 Å². The van der Waals surface area contributed by atoms with Gasteiger partial charge in [-0.1, -0.05) is 90.1 Å². The van der Waals surface area contributed by atoms with Gasteiger partial charge in [-0.2, -0.15) is 48.6 Å². The standard InChI is InChI=1S/C36H40Cl2N8O4.C23H29N5O2.C20H19Cl2N3O5S/c1-4-26(3)46-35(47)44(24-41-46)29-8-6-28(7-9-29)42-15-17-43(18-16-42)30-10-12-34(25(2)19-30)48-21-31-22-49-36(50-31,23-45-39-13-14-40-45)32-11-5-27(37)20-33(32)38;1-4-18(3)28-23(30)27(16-24-28)20-7-5-19(6-8-20)25-11-13-26(14-12-25)21-9-10-22(29)17(2)15-21;1-14-2-5-17(6-3-14)31(26,27)29-12-16-11-28-20(30-16,13-25-23-8-9-24-25)18-7-4-15(21)10-19(18)22/h5-14,19-20,24,26,31H,4,15-18,21-23H2,1-3H3;5-10,15-16,18,29H,4,11-14H2,1-3H3;2-10,16H,11-13H2,1H3/t26?,31-,36-;;16-,20+/m1.1/s1. The van der Waals surface area contributed by atoms with E-state index in [0.717, 1.165) is 122 Å². The summed E-state index contributed by atoms with van der Waals surface area (Å²) in [6.07, 6.45) is 10.2. The third-order valence-corrected chi connectivity index (χ3v) is 22.6. The number of nitrogens with zero attached hydrogens (tertiary/aromatic N) is 16. The maximum atomic E-state index is 12.8. The Morgan fingerprint density at radius 1 is 0.495 bits per heavy atom. The highest BCUT2D eigenvalue weighted by molar-refractivity contribution is 7.86. The van der Waals surface area contributed by atoms with Crippen LogP contribution in [0.25, 0.3) is 11.4 Å². The molecule has 4 aliphatic rings. The van der Waals surface area contributed by atoms with Crippen LogP contribution in [0.1, 0.15) is 80.4 Å². The van der Waals surface area contributed by atoms with E-state index >= 15 is 0 Å². The Kier molecular flexibility index (Phi) is 25.1. The number of anilines is 4. The minimum Gasteiger partial charge on any atom is -0.508 e. The van der Waals surface area contributed by atoms with Gasteiger partial charge in [-0.3, -0.25) is 4.18 Å². The van der Waals surface area contributed by atoms with Crippen LogP contribution in [0.3, 0.4) is 0 Å². The van der Waals surface area contributed by atoms with Gasteiger partial charge in [0.2, 0.25) is 11.6 Å². The van der Waals surface area contributed by atoms with Crippen molar-refractivity contribution in [2.75, 3.05) is 98.4 Å². The van der Waals surface area contributed by atoms with Crippen LogP contribution in [0.2, 0.25) is 20.1 Å². The molecule has 0 saturated carbocycles. The predicted molar refractivity (Wildman–Crippen MR) is 426 cm³/mol. The summed E-state index contributed by atoms with van der Waals surface area (Å²) in [5.74, 6) is -1.39. The molecule has 2 unspecified atom stereocenters. The number of halogens is 4. The van der Waals surface area contributed by atoms with E-state index in [1.807, 2.05) is 90.1 Å². The molecule has 4 saturated heterocycles. The van der Waals surface area contributed by atoms with Crippen LogP contribution in [0.15, 0.2) is 198 Å². The van der Waals surface area contributed by atoms with E-state index < -0.39 is 27.8 Å². The molecule has 11 aromatic rings. The number of hydrogen-bond acceptors (Lipinski definition) is 21. The summed E-state index contributed by atoms with van der Waals surface area (Å²) in [6, 6.07) is 45.1. The monoisotopic (exact) mass is 1610 g/mol. The minimum atomic E-state index is -3.94. The summed E-state index contributed by atoms with van der Waals surface area (Å²) >= 11 is 25.2. The van der Waals surface area contributed by atoms with E-state index in [1.165, 1.54) is 38.8 Å². The Labute approximate surface area is 663 Å². The molecule has 111 heavy (non-hydrogen) atoms. The number of phenolic OH excluding ortho intramolecular Hbond substituents is 1. The van der Waals surface area contributed by atoms with Gasteiger partial charge < -0.3 is 48.4 Å². The molecule has 7 aromatic carbocycles. The molecule has 27 nitrogen and oxygen atoms in total. The Bertz CT molecular complexity index is 5190. The number of hydrogen-bond donors (Lipinski definition) is 1. The van der Waals surface area contributed by atoms with Gasteiger partial charge in [0.1, 0.15) is 56.1 Å². The molecule has 15 rings (SSSR count). The predicted octanol–water partition coefficient (Wildman–Crippen LogP) is 12.8. The average Bonchev–Trinajstić information content (AvgIpc) is 1.67. The third-order valence-electron chi connectivity index (χ3n) is 20.2. The van der Waals surface area contributed by atoms with Crippen molar-refractivity contribution in [1.82, 2.24) is 58.7 Å². The molecule has 584 valence electrons. The SMILES string of the molecule is CCC(C)n1ncn(-c2ccc(N3CCN(c4ccc(O)c(C)c4)CC3)cc2)c1=O.CCC(C)n1ncn(-c2ccc(N3CCN(c4ccc(OC[C@@H]5CO[C@@](Cn6nccn6)(c6ccc(Cl)cc6Cl)O5)c(C)c4)CC3)cc2)c1=O.Cc1ccc(S(=O)(=O)OC[C@H]2CO[C@](Cn3nccn3)(c3ccc(Cl)cc3Cl)O2)cc1. The van der Waals surface area contributed by atoms with Crippen molar-refractivity contribution in [2.24, 2.45) is 0 Å². The summed E-state index contributed by atoms with van der Waals surface area (Å²) in [7, 11) is -3.94. The van der Waals surface area contributed by atoms with Gasteiger partial charge in [-0.15, -0.1) is 0 Å². The summed E-state index contributed by atoms with van der Waals surface area (Å²) in [5, 5.41) is 36.8. The average molecular weight is 1610 g/mol. The molecular weight excluding hydrogens is 1520 g/mol. The zero-order valence-corrected chi connectivity index (χ0v) is 66.4. The first-order valence-corrected chi connectivity index (χ1v) is 39.6. The maximum Gasteiger partial charge on any atom is 0.350 e. The zero-order chi connectivity index (χ0) is 78.1. The van der Waals surface area contributed by atoms with Crippen molar-refractivity contribution in [2.45, 2.75) is 115 Å². The number of aryl methyl sites for hydroxylation is 3. The number of aromatic nitrogens is 12. The number of ether oxygens (including phenoxy) is 5. The van der Waals surface area contributed by atoms with E-state index in [2.05, 4.69) is 93.5 Å². The lowest BCUT2D eigenvalue weighted by atomic mass is 10.1. The largest absolute Gasteiger partial charge is 0.508 e. The fourth-order valence-corrected chi connectivity index (χ4v) is 15.6. The normalized spacial score (nSPS) is 19.2. The Morgan fingerprint density at radius 3 is 1.31 bits per heavy atom. The molecule has 0 bridgehead atoms. The number of rotatable bonds is 23. The fraction of sp³-hybridized carbons (Fsp3) is 0.367. The van der Waals surface area contributed by atoms with Gasteiger partial charge in [-0.05, 0) is 180 Å². The molecule has 4 aromatic heterocycles. The second kappa shape index (κ2) is 35.0. The Hall–Kier alpha value is -9.59. The van der Waals surface area contributed by atoms with E-state index in [9.17, 15) is 23.1 Å². The van der Waals surface area contributed by atoms with Crippen molar-refractivity contribution in [3.63, 3.8) is 0 Å². The molecule has 6 atom stereocenters. The van der Waals surface area contributed by atoms with Crippen LogP contribution >= 0.6 is 46.4 Å². The zero-order valence-electron chi connectivity index (χ0n) is 62.5. The molecule has 32 heteroatoms. The number of phenols is 1. The first kappa shape index (κ1) is 79.5. The summed E-state index contributed by atoms with van der Waals surface area (Å²) in [5.41, 5.74) is 10.1. The second-order valence-corrected chi connectivity index (χ2v) is 31.0. The van der Waals surface area contributed by atoms with Gasteiger partial charge in [0.05, 0.1) is 83.0 Å². The number of piperazine rings is 2. The van der Waals surface area contributed by atoms with Gasteiger partial charge in [0.15, 0.2) is 0 Å². The number of benzene rings is 7. The van der Waals surface area contributed by atoms with Crippen LogP contribution in [-0.4, -0.2) is 163 Å². The first-order chi connectivity index (χ1) is 53.5. The first-order valence-electron chi connectivity index (χ1n) is 36.7. The van der Waals surface area contributed by atoms with E-state index in [0.29, 0.717) is 50.2 Å². The lowest BCUT2D eigenvalue weighted by Crippen LogP contribution is -2.46. The molecule has 8 heterocycles. The maximum absolute atomic E-state index is 12.8. The molecule has 1 N–H and O–H groups in total. The highest BCUT2D eigenvalue weighted by Crippen LogP contribution is 2.43. The third kappa shape index (κ3) is 18.5. The van der Waals surface area contributed by atoms with Crippen LogP contribution in [0.4, 0.5) is 22.7 Å². The fourth-order valence-electron chi connectivity index (χ4n) is 13.5. The van der Waals surface area contributed by atoms with E-state index in [-0.39, 0.29) is 60.8 Å². The number of aromatic hydroxyl groups is 1. The smallest absolute Gasteiger partial charge is 0.350 e. The van der Waals surface area contributed by atoms with Gasteiger partial charge in [0.25, 0.3) is 10.1 Å². The van der Waals surface area contributed by atoms with Gasteiger partial charge in [0, 0.05) is 96.3 Å². The molecule has 0 radical (unpaired) electrons. The van der Waals surface area contributed by atoms with Crippen LogP contribution in [0.5, 0.6) is 11.5 Å². The molecule has 0 spiro atoms. The van der Waals surface area contributed by atoms with Gasteiger partial charge in [-0.25, -0.2) is 28.1 Å². The minimum absolute atomic E-state index is 0.0632. The Balaban J connectivity index is 0.000000154. The molecule has 0 amide bonds. The Morgan fingerprint density at radius 2 is 0.892 bits per heavy atom. The summed E-state index contributed by atoms with van der Waals surface area (Å²) in [6.45, 7) is 22.0. The van der Waals surface area contributed by atoms with Crippen molar-refractivity contribution in [3.8, 4) is 22.9 Å². The molecule has 0 aliphatic carbocycles. The highest BCUT2D eigenvalue weighted by atomic mass is 35.5. The van der Waals surface area contributed by atoms with Crippen molar-refractivity contribution < 1.29 is 41.4 Å². The van der Waals surface area contributed by atoms with Crippen LogP contribution in [-0.2, 0) is 57.9 Å². The molecule has 4 aliphatic heterocycles. The summed E-state index contributed by atoms with van der Waals surface area (Å²) < 4.78 is 67.7. The van der Waals surface area contributed by atoms with Crippen LogP contribution < -0.4 is 35.7 Å². The lowest BCUT2D eigenvalue weighted by Gasteiger charge is -2.37. The van der Waals surface area contributed by atoms with Crippen molar-refractivity contribution in [3.05, 3.63) is 252 Å². The van der Waals surface area contributed by atoms with E-state index in [4.69, 9.17) is 74.3 Å². The highest BCUT2D eigenvalue weighted by Gasteiger charge is 2.48. The van der Waals surface area contributed by atoms with E-state index in [1.54, 1.807) is 87.4 Å². The second-order valence-electron chi connectivity index (χ2n) is 27.7.